The maximum Gasteiger partial charge on any atom is 0.0707 e. The third-order valence-corrected chi connectivity index (χ3v) is 3.22. The van der Waals surface area contributed by atoms with Crippen molar-refractivity contribution >= 4 is 11.9 Å². The zero-order valence-corrected chi connectivity index (χ0v) is 12.7. The molecule has 2 N–H and O–H groups in total. The number of benzene rings is 2. The van der Waals surface area contributed by atoms with Crippen molar-refractivity contribution in [1.29, 1.82) is 0 Å². The molecular formula is C19H22N2. The van der Waals surface area contributed by atoms with Gasteiger partial charge in [-0.3, -0.25) is 4.99 Å². The van der Waals surface area contributed by atoms with Gasteiger partial charge in [-0.25, -0.2) is 0 Å². The lowest BCUT2D eigenvalue weighted by Gasteiger charge is -2.08. The lowest BCUT2D eigenvalue weighted by atomic mass is 9.98. The molecule has 0 aromatic heterocycles. The second-order valence-electron chi connectivity index (χ2n) is 5.48. The maximum absolute atomic E-state index is 5.33. The second kappa shape index (κ2) is 7.44. The number of nitrogens with zero attached hydrogens (tertiary/aromatic N) is 1. The molecule has 0 unspecified atom stereocenters. The van der Waals surface area contributed by atoms with Crippen molar-refractivity contribution in [3.05, 3.63) is 66.4 Å². The SMILES string of the molecule is CC(C)Cc1ccc(-c2ccccc2N=C/C=C\N)cc1. The summed E-state index contributed by atoms with van der Waals surface area (Å²) in [4.78, 5) is 4.45. The van der Waals surface area contributed by atoms with E-state index in [1.54, 1.807) is 12.3 Å². The van der Waals surface area contributed by atoms with Gasteiger partial charge in [-0.15, -0.1) is 0 Å². The van der Waals surface area contributed by atoms with E-state index in [0.717, 1.165) is 17.7 Å². The quantitative estimate of drug-likeness (QED) is 0.789. The van der Waals surface area contributed by atoms with Gasteiger partial charge in [0.25, 0.3) is 0 Å². The summed E-state index contributed by atoms with van der Waals surface area (Å²) in [6.45, 7) is 4.48. The van der Waals surface area contributed by atoms with Crippen molar-refractivity contribution in [3.63, 3.8) is 0 Å². The van der Waals surface area contributed by atoms with Crippen molar-refractivity contribution in [3.8, 4) is 11.1 Å². The molecule has 2 heteroatoms. The first-order chi connectivity index (χ1) is 10.2. The number of para-hydroxylation sites is 1. The fourth-order valence-corrected chi connectivity index (χ4v) is 2.30. The minimum absolute atomic E-state index is 0.677. The van der Waals surface area contributed by atoms with Gasteiger partial charge in [0.2, 0.25) is 0 Å². The number of nitrogens with two attached hydrogens (primary N) is 1. The van der Waals surface area contributed by atoms with E-state index in [1.807, 2.05) is 18.2 Å². The van der Waals surface area contributed by atoms with Crippen molar-refractivity contribution in [1.82, 2.24) is 0 Å². The van der Waals surface area contributed by atoms with Crippen LogP contribution in [0.5, 0.6) is 0 Å². The number of rotatable bonds is 5. The molecular weight excluding hydrogens is 256 g/mol. The molecule has 0 amide bonds. The van der Waals surface area contributed by atoms with Crippen LogP contribution in [0.3, 0.4) is 0 Å². The Morgan fingerprint density at radius 1 is 1.05 bits per heavy atom. The molecule has 0 saturated heterocycles. The fourth-order valence-electron chi connectivity index (χ4n) is 2.30. The molecule has 2 aromatic carbocycles. The van der Waals surface area contributed by atoms with Crippen LogP contribution in [0.4, 0.5) is 5.69 Å². The Kier molecular flexibility index (Phi) is 5.33. The first kappa shape index (κ1) is 15.0. The van der Waals surface area contributed by atoms with Crippen LogP contribution >= 0.6 is 0 Å². The standard InChI is InChI=1S/C19H22N2/c1-15(2)14-16-8-10-17(11-9-16)18-6-3-4-7-19(18)21-13-5-12-20/h3-13,15H,14,20H2,1-2H3/b12-5-,21-13?. The first-order valence-corrected chi connectivity index (χ1v) is 7.30. The first-order valence-electron chi connectivity index (χ1n) is 7.30. The maximum atomic E-state index is 5.33. The zero-order valence-electron chi connectivity index (χ0n) is 12.7. The van der Waals surface area contributed by atoms with Crippen molar-refractivity contribution in [2.24, 2.45) is 16.6 Å². The summed E-state index contributed by atoms with van der Waals surface area (Å²) in [6, 6.07) is 16.9. The normalized spacial score (nSPS) is 11.8. The van der Waals surface area contributed by atoms with E-state index in [-0.39, 0.29) is 0 Å². The third-order valence-electron chi connectivity index (χ3n) is 3.22. The Balaban J connectivity index is 2.29. The van der Waals surface area contributed by atoms with Gasteiger partial charge in [-0.05, 0) is 41.8 Å². The highest BCUT2D eigenvalue weighted by molar-refractivity contribution is 5.81. The average Bonchev–Trinajstić information content (AvgIpc) is 2.48. The van der Waals surface area contributed by atoms with Gasteiger partial charge in [-0.1, -0.05) is 56.3 Å². The van der Waals surface area contributed by atoms with Crippen LogP contribution in [0.25, 0.3) is 11.1 Å². The van der Waals surface area contributed by atoms with Gasteiger partial charge in [-0.2, -0.15) is 0 Å². The summed E-state index contributed by atoms with van der Waals surface area (Å²) < 4.78 is 0. The molecule has 2 rings (SSSR count). The Bertz CT molecular complexity index is 622. The fraction of sp³-hybridized carbons (Fsp3) is 0.211. The van der Waals surface area contributed by atoms with E-state index in [9.17, 15) is 0 Å². The number of allylic oxidation sites excluding steroid dienone is 1. The van der Waals surface area contributed by atoms with E-state index in [2.05, 4.69) is 49.2 Å². The van der Waals surface area contributed by atoms with E-state index in [0.29, 0.717) is 5.92 Å². The van der Waals surface area contributed by atoms with E-state index < -0.39 is 0 Å². The van der Waals surface area contributed by atoms with Crippen LogP contribution in [0, 0.1) is 5.92 Å². The van der Waals surface area contributed by atoms with E-state index >= 15 is 0 Å². The molecule has 0 bridgehead atoms. The van der Waals surface area contributed by atoms with Gasteiger partial charge < -0.3 is 5.73 Å². The highest BCUT2D eigenvalue weighted by Crippen LogP contribution is 2.30. The van der Waals surface area contributed by atoms with Gasteiger partial charge in [0.15, 0.2) is 0 Å². The van der Waals surface area contributed by atoms with Crippen LogP contribution in [0.15, 0.2) is 65.8 Å². The number of hydrogen-bond donors (Lipinski definition) is 1. The monoisotopic (exact) mass is 278 g/mol. The van der Waals surface area contributed by atoms with Gasteiger partial charge in [0.05, 0.1) is 5.69 Å². The molecule has 0 fully saturated rings. The van der Waals surface area contributed by atoms with E-state index in [4.69, 9.17) is 5.73 Å². The summed E-state index contributed by atoms with van der Waals surface area (Å²) >= 11 is 0. The van der Waals surface area contributed by atoms with Crippen LogP contribution < -0.4 is 5.73 Å². The molecule has 0 spiro atoms. The van der Waals surface area contributed by atoms with Gasteiger partial charge in [0.1, 0.15) is 0 Å². The molecule has 2 aromatic rings. The molecule has 0 aliphatic carbocycles. The molecule has 0 aliphatic rings. The van der Waals surface area contributed by atoms with Crippen molar-refractivity contribution in [2.75, 3.05) is 0 Å². The summed E-state index contributed by atoms with van der Waals surface area (Å²) in [7, 11) is 0. The summed E-state index contributed by atoms with van der Waals surface area (Å²) in [5.41, 5.74) is 9.97. The second-order valence-corrected chi connectivity index (χ2v) is 5.48. The summed E-state index contributed by atoms with van der Waals surface area (Å²) in [6.07, 6.45) is 6.03. The van der Waals surface area contributed by atoms with E-state index in [1.165, 1.54) is 17.3 Å². The zero-order chi connectivity index (χ0) is 15.1. The molecule has 21 heavy (non-hydrogen) atoms. The number of hydrogen-bond acceptors (Lipinski definition) is 2. The van der Waals surface area contributed by atoms with Crippen molar-refractivity contribution < 1.29 is 0 Å². The molecule has 0 heterocycles. The molecule has 0 atom stereocenters. The molecule has 2 nitrogen and oxygen atoms in total. The minimum atomic E-state index is 0.677. The summed E-state index contributed by atoms with van der Waals surface area (Å²) in [5.74, 6) is 0.677. The molecule has 108 valence electrons. The van der Waals surface area contributed by atoms with Crippen LogP contribution in [0.1, 0.15) is 19.4 Å². The van der Waals surface area contributed by atoms with Gasteiger partial charge in [0, 0.05) is 11.8 Å². The van der Waals surface area contributed by atoms with Crippen LogP contribution in [-0.2, 0) is 6.42 Å². The topological polar surface area (TPSA) is 38.4 Å². The minimum Gasteiger partial charge on any atom is -0.405 e. The Hall–Kier alpha value is -2.35. The van der Waals surface area contributed by atoms with Gasteiger partial charge >= 0.3 is 0 Å². The summed E-state index contributed by atoms with van der Waals surface area (Å²) in [5, 5.41) is 0. The largest absolute Gasteiger partial charge is 0.405 e. The van der Waals surface area contributed by atoms with Crippen LogP contribution in [-0.4, -0.2) is 6.21 Å². The Morgan fingerprint density at radius 3 is 2.43 bits per heavy atom. The Labute approximate surface area is 127 Å². The molecule has 0 saturated carbocycles. The smallest absolute Gasteiger partial charge is 0.0707 e. The Morgan fingerprint density at radius 2 is 1.76 bits per heavy atom. The molecule has 0 radical (unpaired) electrons. The number of aliphatic imine (C=N–C) groups is 1. The predicted octanol–water partition coefficient (Wildman–Crippen LogP) is 4.73. The lowest BCUT2D eigenvalue weighted by molar-refractivity contribution is 0.647. The highest BCUT2D eigenvalue weighted by atomic mass is 14.7. The lowest BCUT2D eigenvalue weighted by Crippen LogP contribution is -1.93. The third kappa shape index (κ3) is 4.32. The average molecular weight is 278 g/mol. The predicted molar refractivity (Wildman–Crippen MR) is 91.9 cm³/mol. The highest BCUT2D eigenvalue weighted by Gasteiger charge is 2.04. The van der Waals surface area contributed by atoms with Crippen molar-refractivity contribution in [2.45, 2.75) is 20.3 Å². The van der Waals surface area contributed by atoms with Crippen LogP contribution in [0.2, 0.25) is 0 Å². The molecule has 0 aliphatic heterocycles.